The number of ether oxygens (including phenoxy) is 1. The molecule has 0 amide bonds. The van der Waals surface area contributed by atoms with Crippen molar-refractivity contribution in [3.63, 3.8) is 0 Å². The van der Waals surface area contributed by atoms with E-state index in [1.165, 1.54) is 19.3 Å². The molecule has 3 rings (SSSR count). The fourth-order valence-corrected chi connectivity index (χ4v) is 2.60. The molecule has 3 aliphatic rings. The van der Waals surface area contributed by atoms with Gasteiger partial charge in [-0.1, -0.05) is 0 Å². The second-order valence-corrected chi connectivity index (χ2v) is 4.11. The molecule has 0 spiro atoms. The minimum absolute atomic E-state index is 0.472. The van der Waals surface area contributed by atoms with Gasteiger partial charge in [0.15, 0.2) is 0 Å². The van der Waals surface area contributed by atoms with Gasteiger partial charge in [0.2, 0.25) is 0 Å². The Morgan fingerprint density at radius 1 is 1.27 bits per heavy atom. The molecule has 2 nitrogen and oxygen atoms in total. The monoisotopic (exact) mass is 155 g/mol. The zero-order valence-electron chi connectivity index (χ0n) is 7.12. The Morgan fingerprint density at radius 3 is 2.55 bits per heavy atom. The number of methoxy groups -OCH3 is 1. The van der Waals surface area contributed by atoms with Crippen LogP contribution in [0, 0.1) is 17.8 Å². The zero-order chi connectivity index (χ0) is 7.84. The van der Waals surface area contributed by atoms with Gasteiger partial charge >= 0.3 is 0 Å². The fourth-order valence-electron chi connectivity index (χ4n) is 2.60. The maximum atomic E-state index is 5.98. The van der Waals surface area contributed by atoms with E-state index in [0.29, 0.717) is 6.04 Å². The largest absolute Gasteiger partial charge is 0.384 e. The summed E-state index contributed by atoms with van der Waals surface area (Å²) in [6.07, 6.45) is 3.94. The first-order valence-corrected chi connectivity index (χ1v) is 4.55. The van der Waals surface area contributed by atoms with Crippen LogP contribution in [0.25, 0.3) is 0 Å². The lowest BCUT2D eigenvalue weighted by molar-refractivity contribution is -0.0102. The van der Waals surface area contributed by atoms with Crippen LogP contribution in [-0.4, -0.2) is 19.8 Å². The van der Waals surface area contributed by atoms with Gasteiger partial charge in [-0.25, -0.2) is 0 Å². The second-order valence-electron chi connectivity index (χ2n) is 4.11. The van der Waals surface area contributed by atoms with Crippen molar-refractivity contribution in [1.82, 2.24) is 0 Å². The molecule has 2 heteroatoms. The van der Waals surface area contributed by atoms with Crippen molar-refractivity contribution in [2.75, 3.05) is 13.7 Å². The van der Waals surface area contributed by atoms with Crippen molar-refractivity contribution < 1.29 is 4.74 Å². The third kappa shape index (κ3) is 1.18. The number of hydrogen-bond donors (Lipinski definition) is 1. The van der Waals surface area contributed by atoms with E-state index in [2.05, 4.69) is 0 Å². The van der Waals surface area contributed by atoms with Crippen LogP contribution in [0.15, 0.2) is 0 Å². The molecule has 0 aliphatic heterocycles. The van der Waals surface area contributed by atoms with E-state index in [9.17, 15) is 0 Å². The van der Waals surface area contributed by atoms with Crippen LogP contribution in [0.1, 0.15) is 19.3 Å². The first-order chi connectivity index (χ1) is 5.31. The molecule has 0 unspecified atom stereocenters. The van der Waals surface area contributed by atoms with Crippen molar-refractivity contribution in [3.8, 4) is 0 Å². The first-order valence-electron chi connectivity index (χ1n) is 4.55. The summed E-state index contributed by atoms with van der Waals surface area (Å²) in [6.45, 7) is 0.922. The van der Waals surface area contributed by atoms with E-state index in [0.717, 1.165) is 24.4 Å². The van der Waals surface area contributed by atoms with Gasteiger partial charge in [-0.05, 0) is 37.0 Å². The van der Waals surface area contributed by atoms with Crippen molar-refractivity contribution in [2.45, 2.75) is 25.3 Å². The van der Waals surface area contributed by atoms with Crippen LogP contribution in [0.3, 0.4) is 0 Å². The van der Waals surface area contributed by atoms with E-state index in [1.54, 1.807) is 7.11 Å². The average Bonchev–Trinajstić information content (AvgIpc) is 1.83. The summed E-state index contributed by atoms with van der Waals surface area (Å²) in [5.41, 5.74) is 5.98. The minimum Gasteiger partial charge on any atom is -0.384 e. The lowest BCUT2D eigenvalue weighted by Crippen LogP contribution is -2.50. The van der Waals surface area contributed by atoms with Gasteiger partial charge in [-0.15, -0.1) is 0 Å². The molecule has 2 N–H and O–H groups in total. The predicted molar refractivity (Wildman–Crippen MR) is 44.2 cm³/mol. The summed E-state index contributed by atoms with van der Waals surface area (Å²) in [5.74, 6) is 2.56. The second kappa shape index (κ2) is 2.76. The van der Waals surface area contributed by atoms with Gasteiger partial charge in [0.1, 0.15) is 0 Å². The van der Waals surface area contributed by atoms with Gasteiger partial charge < -0.3 is 10.5 Å². The van der Waals surface area contributed by atoms with Crippen molar-refractivity contribution in [2.24, 2.45) is 23.5 Å². The Balaban J connectivity index is 1.90. The standard InChI is InChI=1S/C9H17NO/c1-11-5-8-4-9(10)7-2-6(8)3-7/h6-9H,2-5,10H2,1H3/t6?,7?,8-,9-/m1/s1. The van der Waals surface area contributed by atoms with Crippen molar-refractivity contribution in [3.05, 3.63) is 0 Å². The van der Waals surface area contributed by atoms with Crippen molar-refractivity contribution in [1.29, 1.82) is 0 Å². The summed E-state index contributed by atoms with van der Waals surface area (Å²) in [4.78, 5) is 0. The smallest absolute Gasteiger partial charge is 0.0493 e. The highest BCUT2D eigenvalue weighted by Gasteiger charge is 2.44. The zero-order valence-corrected chi connectivity index (χ0v) is 7.12. The number of nitrogens with two attached hydrogens (primary N) is 1. The summed E-state index contributed by atoms with van der Waals surface area (Å²) in [6, 6.07) is 0.472. The first kappa shape index (κ1) is 7.56. The normalized spacial score (nSPS) is 48.5. The molecule has 11 heavy (non-hydrogen) atoms. The van der Waals surface area contributed by atoms with Gasteiger partial charge in [0.25, 0.3) is 0 Å². The fraction of sp³-hybridized carbons (Fsp3) is 1.00. The van der Waals surface area contributed by atoms with E-state index < -0.39 is 0 Å². The average molecular weight is 155 g/mol. The van der Waals surface area contributed by atoms with Crippen LogP contribution >= 0.6 is 0 Å². The highest BCUT2D eigenvalue weighted by atomic mass is 16.5. The van der Waals surface area contributed by atoms with E-state index in [1.807, 2.05) is 0 Å². The molecule has 64 valence electrons. The molecule has 0 radical (unpaired) electrons. The predicted octanol–water partition coefficient (Wildman–Crippen LogP) is 1.01. The molecule has 0 aromatic heterocycles. The Morgan fingerprint density at radius 2 is 2.00 bits per heavy atom. The molecule has 0 heterocycles. The third-order valence-corrected chi connectivity index (χ3v) is 3.44. The highest BCUT2D eigenvalue weighted by molar-refractivity contribution is 4.96. The van der Waals surface area contributed by atoms with Gasteiger partial charge in [-0.3, -0.25) is 0 Å². The number of rotatable bonds is 2. The molecule has 0 aromatic rings. The molecule has 2 atom stereocenters. The molecule has 3 saturated carbocycles. The van der Waals surface area contributed by atoms with E-state index >= 15 is 0 Å². The maximum absolute atomic E-state index is 5.98. The van der Waals surface area contributed by atoms with Crippen LogP contribution < -0.4 is 5.73 Å². The number of fused-ring (bicyclic) bond motifs is 2. The van der Waals surface area contributed by atoms with E-state index in [-0.39, 0.29) is 0 Å². The topological polar surface area (TPSA) is 35.2 Å². The molecular weight excluding hydrogens is 138 g/mol. The van der Waals surface area contributed by atoms with Gasteiger partial charge in [-0.2, -0.15) is 0 Å². The van der Waals surface area contributed by atoms with E-state index in [4.69, 9.17) is 10.5 Å². The molecular formula is C9H17NO. The van der Waals surface area contributed by atoms with Crippen LogP contribution in [0.2, 0.25) is 0 Å². The Hall–Kier alpha value is -0.0800. The lowest BCUT2D eigenvalue weighted by Gasteiger charge is -2.50. The molecule has 0 aromatic carbocycles. The molecule has 0 saturated heterocycles. The van der Waals surface area contributed by atoms with Crippen molar-refractivity contribution >= 4 is 0 Å². The highest BCUT2D eigenvalue weighted by Crippen LogP contribution is 2.48. The van der Waals surface area contributed by atoms with Crippen LogP contribution in [0.5, 0.6) is 0 Å². The number of hydrogen-bond acceptors (Lipinski definition) is 2. The van der Waals surface area contributed by atoms with Gasteiger partial charge in [0, 0.05) is 19.8 Å². The Labute approximate surface area is 68.1 Å². The third-order valence-electron chi connectivity index (χ3n) is 3.44. The SMILES string of the molecule is COC[C@H]1C[C@@H](N)C2CC1C2. The minimum atomic E-state index is 0.472. The molecule has 3 aliphatic carbocycles. The lowest BCUT2D eigenvalue weighted by atomic mass is 9.58. The maximum Gasteiger partial charge on any atom is 0.0493 e. The molecule has 3 fully saturated rings. The Kier molecular flexibility index (Phi) is 1.90. The molecule has 2 bridgehead atoms. The van der Waals surface area contributed by atoms with Crippen LogP contribution in [-0.2, 0) is 4.74 Å². The quantitative estimate of drug-likeness (QED) is 0.646. The summed E-state index contributed by atoms with van der Waals surface area (Å²) < 4.78 is 5.17. The van der Waals surface area contributed by atoms with Crippen LogP contribution in [0.4, 0.5) is 0 Å². The summed E-state index contributed by atoms with van der Waals surface area (Å²) in [5, 5.41) is 0. The Bertz CT molecular complexity index is 142. The summed E-state index contributed by atoms with van der Waals surface area (Å²) in [7, 11) is 1.79. The summed E-state index contributed by atoms with van der Waals surface area (Å²) >= 11 is 0. The van der Waals surface area contributed by atoms with Gasteiger partial charge in [0.05, 0.1) is 0 Å².